The van der Waals surface area contributed by atoms with Crippen molar-refractivity contribution in [3.05, 3.63) is 27.8 Å². The van der Waals surface area contributed by atoms with E-state index >= 15 is 0 Å². The maximum atomic E-state index is 11.5. The van der Waals surface area contributed by atoms with Crippen LogP contribution in [0.4, 0.5) is 0 Å². The molecule has 5 nitrogen and oxygen atoms in total. The van der Waals surface area contributed by atoms with Crippen LogP contribution in [-0.2, 0) is 4.74 Å². The van der Waals surface area contributed by atoms with Gasteiger partial charge < -0.3 is 14.3 Å². The summed E-state index contributed by atoms with van der Waals surface area (Å²) in [6, 6.07) is 1.20. The summed E-state index contributed by atoms with van der Waals surface area (Å²) in [5.41, 5.74) is -1.34. The molecule has 1 unspecified atom stereocenters. The second-order valence-corrected chi connectivity index (χ2v) is 3.53. The van der Waals surface area contributed by atoms with E-state index < -0.39 is 22.9 Å². The van der Waals surface area contributed by atoms with Crippen molar-refractivity contribution in [2.75, 3.05) is 0 Å². The molecule has 0 fully saturated rings. The zero-order chi connectivity index (χ0) is 12.3. The average molecular weight is 226 g/mol. The van der Waals surface area contributed by atoms with E-state index in [-0.39, 0.29) is 11.9 Å². The van der Waals surface area contributed by atoms with Gasteiger partial charge >= 0.3 is 11.6 Å². The van der Waals surface area contributed by atoms with Gasteiger partial charge in [-0.05, 0) is 20.3 Å². The van der Waals surface area contributed by atoms with Crippen molar-refractivity contribution in [3.8, 4) is 5.75 Å². The van der Waals surface area contributed by atoms with E-state index in [0.29, 0.717) is 6.42 Å². The van der Waals surface area contributed by atoms with Gasteiger partial charge in [-0.15, -0.1) is 0 Å². The van der Waals surface area contributed by atoms with Crippen LogP contribution in [0.5, 0.6) is 5.75 Å². The number of ether oxygens (including phenoxy) is 1. The lowest BCUT2D eigenvalue weighted by atomic mass is 10.2. The minimum atomic E-state index is -0.884. The molecule has 0 aromatic carbocycles. The van der Waals surface area contributed by atoms with E-state index in [2.05, 4.69) is 0 Å². The van der Waals surface area contributed by atoms with Gasteiger partial charge in [0.2, 0.25) is 0 Å². The van der Waals surface area contributed by atoms with Crippen molar-refractivity contribution in [2.24, 2.45) is 0 Å². The van der Waals surface area contributed by atoms with Crippen LogP contribution >= 0.6 is 0 Å². The van der Waals surface area contributed by atoms with Crippen molar-refractivity contribution in [1.29, 1.82) is 0 Å². The van der Waals surface area contributed by atoms with Crippen molar-refractivity contribution in [1.82, 2.24) is 0 Å². The van der Waals surface area contributed by atoms with Crippen LogP contribution in [0.1, 0.15) is 36.4 Å². The molecule has 1 atom stereocenters. The normalized spacial score (nSPS) is 12.2. The highest BCUT2D eigenvalue weighted by atomic mass is 16.5. The van der Waals surface area contributed by atoms with E-state index in [9.17, 15) is 14.7 Å². The van der Waals surface area contributed by atoms with Crippen molar-refractivity contribution in [3.63, 3.8) is 0 Å². The minimum absolute atomic E-state index is 0.239. The Hall–Kier alpha value is -1.78. The Morgan fingerprint density at radius 2 is 2.25 bits per heavy atom. The first-order valence-electron chi connectivity index (χ1n) is 5.00. The summed E-state index contributed by atoms with van der Waals surface area (Å²) in [6.07, 6.45) is 0.316. The zero-order valence-electron chi connectivity index (χ0n) is 9.44. The van der Waals surface area contributed by atoms with E-state index in [4.69, 9.17) is 9.15 Å². The molecule has 1 heterocycles. The van der Waals surface area contributed by atoms with E-state index in [0.717, 1.165) is 0 Å². The molecule has 0 aliphatic heterocycles. The Morgan fingerprint density at radius 1 is 1.62 bits per heavy atom. The van der Waals surface area contributed by atoms with Gasteiger partial charge in [0, 0.05) is 6.07 Å². The Morgan fingerprint density at radius 3 is 2.75 bits per heavy atom. The van der Waals surface area contributed by atoms with Gasteiger partial charge in [0.1, 0.15) is 11.5 Å². The summed E-state index contributed by atoms with van der Waals surface area (Å²) < 4.78 is 9.64. The summed E-state index contributed by atoms with van der Waals surface area (Å²) in [4.78, 5) is 22.9. The summed E-state index contributed by atoms with van der Waals surface area (Å²) in [5.74, 6) is -1.04. The molecule has 1 rings (SSSR count). The summed E-state index contributed by atoms with van der Waals surface area (Å²) >= 11 is 0. The largest absolute Gasteiger partial charge is 0.507 e. The molecule has 0 aliphatic rings. The highest BCUT2D eigenvalue weighted by molar-refractivity contribution is 5.91. The predicted octanol–water partition coefficient (Wildman–Crippen LogP) is 1.61. The summed E-state index contributed by atoms with van der Waals surface area (Å²) in [7, 11) is 0. The van der Waals surface area contributed by atoms with Crippen LogP contribution < -0.4 is 5.63 Å². The molecule has 0 bridgehead atoms. The number of hydrogen-bond donors (Lipinski definition) is 1. The van der Waals surface area contributed by atoms with Crippen LogP contribution in [-0.4, -0.2) is 17.2 Å². The Labute approximate surface area is 92.7 Å². The maximum Gasteiger partial charge on any atom is 0.354 e. The van der Waals surface area contributed by atoms with Crippen molar-refractivity contribution in [2.45, 2.75) is 33.3 Å². The first-order valence-corrected chi connectivity index (χ1v) is 5.00. The fourth-order valence-corrected chi connectivity index (χ4v) is 1.11. The Bertz CT molecular complexity index is 446. The van der Waals surface area contributed by atoms with Crippen LogP contribution in [0.3, 0.4) is 0 Å². The van der Waals surface area contributed by atoms with Gasteiger partial charge in [0.25, 0.3) is 0 Å². The molecule has 1 aromatic heterocycles. The van der Waals surface area contributed by atoms with Crippen LogP contribution in [0.2, 0.25) is 0 Å². The van der Waals surface area contributed by atoms with Gasteiger partial charge in [0.05, 0.1) is 6.10 Å². The van der Waals surface area contributed by atoms with Crippen LogP contribution in [0.15, 0.2) is 15.3 Å². The fraction of sp³-hybridized carbons (Fsp3) is 0.455. The molecule has 88 valence electrons. The molecule has 16 heavy (non-hydrogen) atoms. The maximum absolute atomic E-state index is 11.5. The molecule has 0 saturated carbocycles. The number of carbonyl (C=O) groups excluding carboxylic acids is 1. The number of aromatic hydroxyl groups is 1. The third-order valence-corrected chi connectivity index (χ3v) is 2.14. The molecule has 0 radical (unpaired) electrons. The summed E-state index contributed by atoms with van der Waals surface area (Å²) in [5, 5.41) is 9.47. The van der Waals surface area contributed by atoms with E-state index in [1.54, 1.807) is 6.92 Å². The van der Waals surface area contributed by atoms with Gasteiger partial charge in [-0.1, -0.05) is 6.92 Å². The molecule has 5 heteroatoms. The van der Waals surface area contributed by atoms with Gasteiger partial charge in [-0.2, -0.15) is 0 Å². The lowest BCUT2D eigenvalue weighted by Gasteiger charge is -2.10. The first-order chi connectivity index (χ1) is 7.45. The highest BCUT2D eigenvalue weighted by Gasteiger charge is 2.21. The standard InChI is InChI=1S/C11H14O5/c1-4-6(2)15-10(13)9-8(12)5-7(3)16-11(9)14/h5-6,12H,4H2,1-3H3. The third kappa shape index (κ3) is 2.62. The quantitative estimate of drug-likeness (QED) is 0.792. The average Bonchev–Trinajstić information content (AvgIpc) is 2.15. The first kappa shape index (κ1) is 12.3. The lowest BCUT2D eigenvalue weighted by Crippen LogP contribution is -2.21. The minimum Gasteiger partial charge on any atom is -0.507 e. The predicted molar refractivity (Wildman–Crippen MR) is 56.5 cm³/mol. The smallest absolute Gasteiger partial charge is 0.354 e. The summed E-state index contributed by atoms with van der Waals surface area (Å²) in [6.45, 7) is 5.05. The fourth-order valence-electron chi connectivity index (χ4n) is 1.11. The van der Waals surface area contributed by atoms with E-state index in [1.807, 2.05) is 6.92 Å². The molecular formula is C11H14O5. The van der Waals surface area contributed by atoms with Gasteiger partial charge in [-0.25, -0.2) is 9.59 Å². The number of hydrogen-bond acceptors (Lipinski definition) is 5. The highest BCUT2D eigenvalue weighted by Crippen LogP contribution is 2.16. The monoisotopic (exact) mass is 226 g/mol. The molecule has 1 aromatic rings. The Balaban J connectivity index is 3.05. The van der Waals surface area contributed by atoms with Crippen LogP contribution in [0, 0.1) is 6.92 Å². The number of carbonyl (C=O) groups is 1. The second kappa shape index (κ2) is 4.83. The van der Waals surface area contributed by atoms with Gasteiger partial charge in [0.15, 0.2) is 5.56 Å². The van der Waals surface area contributed by atoms with Crippen LogP contribution in [0.25, 0.3) is 0 Å². The second-order valence-electron chi connectivity index (χ2n) is 3.53. The number of rotatable bonds is 3. The SMILES string of the molecule is CCC(C)OC(=O)c1c(O)cc(C)oc1=O. The lowest BCUT2D eigenvalue weighted by molar-refractivity contribution is 0.0325. The van der Waals surface area contributed by atoms with E-state index in [1.165, 1.54) is 13.0 Å². The molecule has 1 N–H and O–H groups in total. The molecule has 0 aliphatic carbocycles. The molecule has 0 spiro atoms. The molecule has 0 saturated heterocycles. The topological polar surface area (TPSA) is 76.7 Å². The van der Waals surface area contributed by atoms with Crippen molar-refractivity contribution >= 4 is 5.97 Å². The third-order valence-electron chi connectivity index (χ3n) is 2.14. The number of aryl methyl sites for hydroxylation is 1. The molecule has 0 amide bonds. The Kier molecular flexibility index (Phi) is 3.71. The molecular weight excluding hydrogens is 212 g/mol. The zero-order valence-corrected chi connectivity index (χ0v) is 9.44. The number of esters is 1. The van der Waals surface area contributed by atoms with Crippen molar-refractivity contribution < 1.29 is 19.1 Å². The van der Waals surface area contributed by atoms with Gasteiger partial charge in [-0.3, -0.25) is 0 Å².